The number of hydrogen-bond acceptors (Lipinski definition) is 5. The molecule has 2 rings (SSSR count). The predicted molar refractivity (Wildman–Crippen MR) is 100 cm³/mol. The van der Waals surface area contributed by atoms with Gasteiger partial charge in [-0.05, 0) is 27.7 Å². The van der Waals surface area contributed by atoms with Crippen LogP contribution in [0.1, 0.15) is 27.7 Å². The van der Waals surface area contributed by atoms with E-state index in [0.29, 0.717) is 13.2 Å². The zero-order valence-electron chi connectivity index (χ0n) is 16.7. The Balaban J connectivity index is 1.90. The fourth-order valence-electron chi connectivity index (χ4n) is 3.61. The molecule has 2 aliphatic rings. The van der Waals surface area contributed by atoms with Gasteiger partial charge in [-0.2, -0.15) is 0 Å². The van der Waals surface area contributed by atoms with Gasteiger partial charge in [0, 0.05) is 52.4 Å². The highest BCUT2D eigenvalue weighted by molar-refractivity contribution is 5.80. The van der Waals surface area contributed by atoms with Crippen LogP contribution >= 0.6 is 0 Å². The highest BCUT2D eigenvalue weighted by Gasteiger charge is 2.33. The Bertz CT molecular complexity index is 432. The lowest BCUT2D eigenvalue weighted by molar-refractivity contribution is -0.0948. The quantitative estimate of drug-likeness (QED) is 0.581. The molecule has 1 N–H and O–H groups in total. The predicted octanol–water partition coefficient (Wildman–Crippen LogP) is 0.797. The van der Waals surface area contributed by atoms with Gasteiger partial charge in [-0.25, -0.2) is 0 Å². The molecule has 146 valence electrons. The summed E-state index contributed by atoms with van der Waals surface area (Å²) in [7, 11) is 3.55. The molecule has 25 heavy (non-hydrogen) atoms. The minimum absolute atomic E-state index is 0.0282. The Labute approximate surface area is 152 Å². The summed E-state index contributed by atoms with van der Waals surface area (Å²) < 4.78 is 16.8. The second kappa shape index (κ2) is 9.16. The molecule has 0 aromatic carbocycles. The lowest BCUT2D eigenvalue weighted by Gasteiger charge is -2.45. The fourth-order valence-corrected chi connectivity index (χ4v) is 3.61. The summed E-state index contributed by atoms with van der Waals surface area (Å²) in [4.78, 5) is 9.25. The molecule has 0 spiro atoms. The summed E-state index contributed by atoms with van der Waals surface area (Å²) >= 11 is 0. The minimum atomic E-state index is 0.0282. The standard InChI is InChI=1S/C18H36N4O3/c1-14-9-22(10-15(2)25-14)18(3,4)13-20-17(19-5)21-7-8-24-16(11-21)12-23-6/h14-16H,7-13H2,1-6H3,(H,19,20). The molecule has 3 unspecified atom stereocenters. The van der Waals surface area contributed by atoms with E-state index >= 15 is 0 Å². The van der Waals surface area contributed by atoms with Gasteiger partial charge >= 0.3 is 0 Å². The van der Waals surface area contributed by atoms with Crippen molar-refractivity contribution in [2.45, 2.75) is 51.5 Å². The Morgan fingerprint density at radius 1 is 1.24 bits per heavy atom. The van der Waals surface area contributed by atoms with Crippen LogP contribution in [0.15, 0.2) is 4.99 Å². The van der Waals surface area contributed by atoms with Gasteiger partial charge in [0.25, 0.3) is 0 Å². The normalized spacial score (nSPS) is 29.8. The smallest absolute Gasteiger partial charge is 0.193 e. The van der Waals surface area contributed by atoms with Gasteiger partial charge in [0.05, 0.1) is 31.5 Å². The number of nitrogens with one attached hydrogen (secondary N) is 1. The summed E-state index contributed by atoms with van der Waals surface area (Å²) in [5, 5.41) is 3.57. The van der Waals surface area contributed by atoms with E-state index in [1.807, 2.05) is 7.05 Å². The molecule has 0 aromatic rings. The first-order chi connectivity index (χ1) is 11.9. The maximum absolute atomic E-state index is 5.87. The molecule has 7 heteroatoms. The Morgan fingerprint density at radius 3 is 2.52 bits per heavy atom. The van der Waals surface area contributed by atoms with E-state index < -0.39 is 0 Å². The first kappa shape index (κ1) is 20.4. The number of nitrogens with zero attached hydrogens (tertiary/aromatic N) is 3. The maximum Gasteiger partial charge on any atom is 0.193 e. The largest absolute Gasteiger partial charge is 0.382 e. The molecule has 0 saturated carbocycles. The summed E-state index contributed by atoms with van der Waals surface area (Å²) in [6, 6.07) is 0. The van der Waals surface area contributed by atoms with Crippen molar-refractivity contribution in [3.05, 3.63) is 0 Å². The Hall–Kier alpha value is -0.890. The molecule has 2 heterocycles. The van der Waals surface area contributed by atoms with Crippen LogP contribution in [0.2, 0.25) is 0 Å². The van der Waals surface area contributed by atoms with E-state index in [4.69, 9.17) is 14.2 Å². The van der Waals surface area contributed by atoms with Crippen LogP contribution in [0.4, 0.5) is 0 Å². The van der Waals surface area contributed by atoms with Gasteiger partial charge in [0.2, 0.25) is 0 Å². The zero-order valence-corrected chi connectivity index (χ0v) is 16.7. The highest BCUT2D eigenvalue weighted by Crippen LogP contribution is 2.20. The average molecular weight is 357 g/mol. The van der Waals surface area contributed by atoms with Crippen molar-refractivity contribution in [1.82, 2.24) is 15.1 Å². The number of aliphatic imine (C=N–C) groups is 1. The van der Waals surface area contributed by atoms with Crippen molar-refractivity contribution >= 4 is 5.96 Å². The van der Waals surface area contributed by atoms with Crippen molar-refractivity contribution in [3.63, 3.8) is 0 Å². The van der Waals surface area contributed by atoms with Crippen LogP contribution in [0.3, 0.4) is 0 Å². The molecule has 0 bridgehead atoms. The maximum atomic E-state index is 5.87. The first-order valence-corrected chi connectivity index (χ1v) is 9.32. The van der Waals surface area contributed by atoms with Crippen LogP contribution < -0.4 is 5.32 Å². The number of rotatable bonds is 5. The van der Waals surface area contributed by atoms with Gasteiger partial charge in [0.15, 0.2) is 5.96 Å². The molecule has 0 radical (unpaired) electrons. The van der Waals surface area contributed by atoms with Gasteiger partial charge in [-0.15, -0.1) is 0 Å². The zero-order chi connectivity index (χ0) is 18.4. The molecule has 0 amide bonds. The average Bonchev–Trinajstić information content (AvgIpc) is 2.55. The van der Waals surface area contributed by atoms with Crippen LogP contribution in [0.5, 0.6) is 0 Å². The molecule has 2 aliphatic heterocycles. The monoisotopic (exact) mass is 356 g/mol. The molecule has 7 nitrogen and oxygen atoms in total. The SMILES string of the molecule is CN=C(NCC(C)(C)N1CC(C)OC(C)C1)N1CCOC(COC)C1. The second-order valence-corrected chi connectivity index (χ2v) is 7.77. The van der Waals surface area contributed by atoms with Gasteiger partial charge in [0.1, 0.15) is 0 Å². The van der Waals surface area contributed by atoms with E-state index in [9.17, 15) is 0 Å². The van der Waals surface area contributed by atoms with Crippen molar-refractivity contribution < 1.29 is 14.2 Å². The lowest BCUT2D eigenvalue weighted by atomic mass is 10.00. The topological polar surface area (TPSA) is 58.6 Å². The molecular weight excluding hydrogens is 320 g/mol. The van der Waals surface area contributed by atoms with Crippen molar-refractivity contribution in [3.8, 4) is 0 Å². The Morgan fingerprint density at radius 2 is 1.92 bits per heavy atom. The molecule has 2 fully saturated rings. The highest BCUT2D eigenvalue weighted by atomic mass is 16.5. The summed E-state index contributed by atoms with van der Waals surface area (Å²) in [6.45, 7) is 14.6. The molecule has 0 aliphatic carbocycles. The molecule has 3 atom stereocenters. The van der Waals surface area contributed by atoms with E-state index in [2.05, 4.69) is 47.8 Å². The summed E-state index contributed by atoms with van der Waals surface area (Å²) in [5.74, 6) is 0.937. The molecule has 2 saturated heterocycles. The van der Waals surface area contributed by atoms with Crippen LogP contribution in [0, 0.1) is 0 Å². The molecular formula is C18H36N4O3. The third-order valence-corrected chi connectivity index (χ3v) is 4.96. The number of ether oxygens (including phenoxy) is 3. The summed E-state index contributed by atoms with van der Waals surface area (Å²) in [5.41, 5.74) is 0.0282. The van der Waals surface area contributed by atoms with Crippen LogP contribution in [0.25, 0.3) is 0 Å². The van der Waals surface area contributed by atoms with Crippen molar-refractivity contribution in [1.29, 1.82) is 0 Å². The van der Waals surface area contributed by atoms with Crippen molar-refractivity contribution in [2.75, 3.05) is 60.1 Å². The van der Waals surface area contributed by atoms with Gasteiger partial charge in [-0.1, -0.05) is 0 Å². The second-order valence-electron chi connectivity index (χ2n) is 7.77. The van der Waals surface area contributed by atoms with E-state index in [1.165, 1.54) is 0 Å². The number of guanidine groups is 1. The first-order valence-electron chi connectivity index (χ1n) is 9.32. The fraction of sp³-hybridized carbons (Fsp3) is 0.944. The van der Waals surface area contributed by atoms with Crippen LogP contribution in [-0.4, -0.2) is 99.7 Å². The van der Waals surface area contributed by atoms with E-state index in [1.54, 1.807) is 7.11 Å². The molecule has 0 aromatic heterocycles. The van der Waals surface area contributed by atoms with Gasteiger partial charge in [-0.3, -0.25) is 9.89 Å². The van der Waals surface area contributed by atoms with E-state index in [0.717, 1.165) is 38.7 Å². The minimum Gasteiger partial charge on any atom is -0.382 e. The lowest BCUT2D eigenvalue weighted by Crippen LogP contribution is -2.60. The summed E-state index contributed by atoms with van der Waals surface area (Å²) in [6.07, 6.45) is 0.652. The number of hydrogen-bond donors (Lipinski definition) is 1. The van der Waals surface area contributed by atoms with Crippen LogP contribution in [-0.2, 0) is 14.2 Å². The van der Waals surface area contributed by atoms with Gasteiger partial charge < -0.3 is 24.4 Å². The van der Waals surface area contributed by atoms with Crippen molar-refractivity contribution in [2.24, 2.45) is 4.99 Å². The third-order valence-electron chi connectivity index (χ3n) is 4.96. The number of morpholine rings is 2. The third kappa shape index (κ3) is 5.81. The Kier molecular flexibility index (Phi) is 7.49. The number of methoxy groups -OCH3 is 1. The van der Waals surface area contributed by atoms with E-state index in [-0.39, 0.29) is 23.9 Å².